The van der Waals surface area contributed by atoms with Crippen LogP contribution in [0.2, 0.25) is 0 Å². The molecule has 1 aromatic carbocycles. The highest BCUT2D eigenvalue weighted by Gasteiger charge is 2.04. The predicted octanol–water partition coefficient (Wildman–Crippen LogP) is 2.48. The van der Waals surface area contributed by atoms with Gasteiger partial charge in [-0.3, -0.25) is 4.79 Å². The van der Waals surface area contributed by atoms with Crippen molar-refractivity contribution in [2.24, 2.45) is 0 Å². The maximum Gasteiger partial charge on any atom is 0.239 e. The van der Waals surface area contributed by atoms with Crippen LogP contribution in [0.5, 0.6) is 0 Å². The summed E-state index contributed by atoms with van der Waals surface area (Å²) in [6, 6.07) is 3.85. The number of amides is 1. The van der Waals surface area contributed by atoms with E-state index in [4.69, 9.17) is 19.8 Å². The lowest BCUT2D eigenvalue weighted by Gasteiger charge is -2.09. The molecule has 0 aliphatic rings. The maximum absolute atomic E-state index is 11.3. The van der Waals surface area contributed by atoms with Gasteiger partial charge in [-0.25, -0.2) is 0 Å². The van der Waals surface area contributed by atoms with E-state index in [-0.39, 0.29) is 16.8 Å². The highest BCUT2D eigenvalue weighted by molar-refractivity contribution is 6.29. The second-order valence-corrected chi connectivity index (χ2v) is 2.68. The van der Waals surface area contributed by atoms with Gasteiger partial charge in [-0.05, 0) is 24.8 Å². The summed E-state index contributed by atoms with van der Waals surface area (Å²) in [6.07, 6.45) is 0. The average molecular weight is 204 g/mol. The first-order chi connectivity index (χ1) is 8.57. The van der Waals surface area contributed by atoms with Crippen molar-refractivity contribution in [3.63, 3.8) is 0 Å². The predicted molar refractivity (Wildman–Crippen MR) is 55.3 cm³/mol. The molecule has 0 aliphatic carbocycles. The molecule has 0 bridgehead atoms. The van der Waals surface area contributed by atoms with Gasteiger partial charge in [0.2, 0.25) is 5.91 Å². The Morgan fingerprint density at radius 3 is 2.62 bits per heavy atom. The second kappa shape index (κ2) is 4.28. The Morgan fingerprint density at radius 1 is 1.54 bits per heavy atom. The minimum atomic E-state index is -2.53. The number of carbonyl (C=O) groups is 1. The summed E-state index contributed by atoms with van der Waals surface area (Å²) >= 11 is 5.34. The molecule has 1 N–H and O–H groups in total. The van der Waals surface area contributed by atoms with E-state index in [1.807, 2.05) is 0 Å². The van der Waals surface area contributed by atoms with E-state index in [9.17, 15) is 4.79 Å². The zero-order valence-corrected chi connectivity index (χ0v) is 7.48. The van der Waals surface area contributed by atoms with Gasteiger partial charge in [-0.15, -0.1) is 11.6 Å². The Balaban J connectivity index is 3.45. The van der Waals surface area contributed by atoms with Crippen LogP contribution in [0.1, 0.15) is 19.4 Å². The monoisotopic (exact) mass is 203 g/mol. The molecule has 0 heterocycles. The molecule has 1 rings (SSSR count). The first kappa shape index (κ1) is 4.47. The zero-order valence-electron chi connectivity index (χ0n) is 12.7. The van der Waals surface area contributed by atoms with E-state index < -0.39 is 25.5 Å². The van der Waals surface area contributed by atoms with Crippen LogP contribution in [0.15, 0.2) is 18.2 Å². The van der Waals surface area contributed by atoms with Gasteiger partial charge in [0.15, 0.2) is 0 Å². The molecular formula is C10H12ClNO. The molecule has 1 aromatic rings. The van der Waals surface area contributed by atoms with Gasteiger partial charge >= 0.3 is 0 Å². The number of alkyl halides is 1. The number of nitrogens with one attached hydrogen (secondary N) is 1. The second-order valence-electron chi connectivity index (χ2n) is 2.41. The molecule has 0 fully saturated rings. The van der Waals surface area contributed by atoms with Gasteiger partial charge in [0, 0.05) is 13.9 Å². The fourth-order valence-electron chi connectivity index (χ4n) is 0.860. The summed E-state index contributed by atoms with van der Waals surface area (Å²) in [5, 5.41) is 2.25. The summed E-state index contributed by atoms with van der Waals surface area (Å²) in [4.78, 5) is 11.3. The third kappa shape index (κ3) is 2.46. The summed E-state index contributed by atoms with van der Waals surface area (Å²) < 4.78 is 44.3. The third-order valence-electron chi connectivity index (χ3n) is 1.45. The standard InChI is InChI=1S/C10H12ClNO/c1-7-4-3-5-8(2)10(7)12-9(13)6-11/h3-5H,6H2,1-2H3,(H,12,13)/i1D3,2D3. The first-order valence-electron chi connectivity index (χ1n) is 6.57. The summed E-state index contributed by atoms with van der Waals surface area (Å²) in [6.45, 7) is -5.06. The van der Waals surface area contributed by atoms with E-state index in [0.29, 0.717) is 0 Å². The fraction of sp³-hybridized carbons (Fsp3) is 0.300. The molecule has 0 saturated carbocycles. The van der Waals surface area contributed by atoms with Gasteiger partial charge in [0.1, 0.15) is 5.88 Å². The van der Waals surface area contributed by atoms with Crippen LogP contribution in [-0.4, -0.2) is 11.8 Å². The van der Waals surface area contributed by atoms with Crippen LogP contribution in [0, 0.1) is 13.7 Å². The van der Waals surface area contributed by atoms with Crippen LogP contribution in [0.3, 0.4) is 0 Å². The van der Waals surface area contributed by atoms with E-state index in [0.717, 1.165) is 0 Å². The van der Waals surface area contributed by atoms with E-state index in [2.05, 4.69) is 5.32 Å². The Hall–Kier alpha value is -1.02. The molecule has 0 unspecified atom stereocenters. The number of hydrogen-bond acceptors (Lipinski definition) is 1. The fourth-order valence-corrected chi connectivity index (χ4v) is 0.927. The Morgan fingerprint density at radius 2 is 2.15 bits per heavy atom. The molecule has 0 saturated heterocycles. The quantitative estimate of drug-likeness (QED) is 0.736. The van der Waals surface area contributed by atoms with Crippen molar-refractivity contribution < 1.29 is 13.0 Å². The molecule has 2 nitrogen and oxygen atoms in total. The molecule has 0 spiro atoms. The number of hydrogen-bond donors (Lipinski definition) is 1. The van der Waals surface area contributed by atoms with Crippen molar-refractivity contribution in [2.45, 2.75) is 13.7 Å². The van der Waals surface area contributed by atoms with Gasteiger partial charge in [0.05, 0.1) is 0 Å². The van der Waals surface area contributed by atoms with Crippen molar-refractivity contribution in [1.29, 1.82) is 0 Å². The third-order valence-corrected chi connectivity index (χ3v) is 1.69. The maximum atomic E-state index is 11.3. The van der Waals surface area contributed by atoms with E-state index >= 15 is 0 Å². The minimum absolute atomic E-state index is 0.215. The molecule has 1 amide bonds. The number of carbonyl (C=O) groups excluding carboxylic acids is 1. The van der Waals surface area contributed by atoms with Crippen LogP contribution in [0.25, 0.3) is 0 Å². The van der Waals surface area contributed by atoms with Crippen LogP contribution in [-0.2, 0) is 4.79 Å². The average Bonchev–Trinajstić information content (AvgIpc) is 2.26. The van der Waals surface area contributed by atoms with Crippen molar-refractivity contribution in [3.05, 3.63) is 29.3 Å². The normalized spacial score (nSPS) is 18.5. The molecule has 3 heteroatoms. The molecule has 0 aliphatic heterocycles. The number of aryl methyl sites for hydroxylation is 2. The topological polar surface area (TPSA) is 29.1 Å². The summed E-state index contributed by atoms with van der Waals surface area (Å²) in [5.41, 5.74) is -0.660. The first-order valence-corrected chi connectivity index (χ1v) is 4.10. The van der Waals surface area contributed by atoms with Gasteiger partial charge in [-0.2, -0.15) is 0 Å². The molecule has 13 heavy (non-hydrogen) atoms. The lowest BCUT2D eigenvalue weighted by atomic mass is 10.1. The zero-order chi connectivity index (χ0) is 14.8. The van der Waals surface area contributed by atoms with Crippen LogP contribution < -0.4 is 5.32 Å². The highest BCUT2D eigenvalue weighted by Crippen LogP contribution is 2.19. The van der Waals surface area contributed by atoms with Crippen LogP contribution >= 0.6 is 11.6 Å². The summed E-state index contributed by atoms with van der Waals surface area (Å²) in [5.74, 6) is -1.06. The van der Waals surface area contributed by atoms with Crippen molar-refractivity contribution in [2.75, 3.05) is 11.2 Å². The lowest BCUT2D eigenvalue weighted by Crippen LogP contribution is -2.14. The molecule has 70 valence electrons. The largest absolute Gasteiger partial charge is 0.325 e. The molecule has 0 aromatic heterocycles. The van der Waals surface area contributed by atoms with Gasteiger partial charge < -0.3 is 5.32 Å². The number of rotatable bonds is 2. The van der Waals surface area contributed by atoms with Crippen molar-refractivity contribution in [1.82, 2.24) is 0 Å². The van der Waals surface area contributed by atoms with Crippen molar-refractivity contribution >= 4 is 23.2 Å². The van der Waals surface area contributed by atoms with Crippen LogP contribution in [0.4, 0.5) is 5.69 Å². The minimum Gasteiger partial charge on any atom is -0.325 e. The highest BCUT2D eigenvalue weighted by atomic mass is 35.5. The number of halogens is 1. The Bertz CT molecular complexity index is 450. The molecule has 0 radical (unpaired) electrons. The van der Waals surface area contributed by atoms with Crippen molar-refractivity contribution in [3.8, 4) is 0 Å². The van der Waals surface area contributed by atoms with E-state index in [1.165, 1.54) is 18.2 Å². The SMILES string of the molecule is [2H]C([2H])([2H])c1cccc(C([2H])([2H])[2H])c1NC(=O)CCl. The van der Waals surface area contributed by atoms with Gasteiger partial charge in [0.25, 0.3) is 0 Å². The van der Waals surface area contributed by atoms with E-state index in [1.54, 1.807) is 0 Å². The summed E-state index contributed by atoms with van der Waals surface area (Å²) in [7, 11) is 0. The molecule has 0 atom stereocenters. The van der Waals surface area contributed by atoms with Gasteiger partial charge in [-0.1, -0.05) is 18.2 Å². The number of anilines is 1. The lowest BCUT2D eigenvalue weighted by molar-refractivity contribution is -0.113. The smallest absolute Gasteiger partial charge is 0.239 e. The number of benzene rings is 1. The number of para-hydroxylation sites is 1. The Labute approximate surface area is 91.3 Å². The molecular weight excluding hydrogens is 186 g/mol. The Kier molecular flexibility index (Phi) is 1.47.